The maximum atomic E-state index is 14.6. The van der Waals surface area contributed by atoms with E-state index >= 15 is 0 Å². The molecular weight excluding hydrogens is 570 g/mol. The SMILES string of the molecule is C=Cc1cccc(C(C(=O)Nc2ccc(OC)cc2)N(CCCCC)C(=O)C(Cc2ccc(O)cc2)NC(=O)OC(C)(C)C)c1. The minimum atomic E-state index is -1.06. The molecular formula is C36H45N3O6. The molecule has 0 aromatic heterocycles. The maximum absolute atomic E-state index is 14.6. The number of nitrogens with one attached hydrogen (secondary N) is 2. The number of carbonyl (C=O) groups is 3. The molecule has 9 heteroatoms. The number of alkyl carbamates (subject to hydrolysis) is 1. The van der Waals surface area contributed by atoms with E-state index in [0.29, 0.717) is 29.0 Å². The number of hydrogen-bond donors (Lipinski definition) is 3. The van der Waals surface area contributed by atoms with Crippen LogP contribution in [0.4, 0.5) is 10.5 Å². The molecule has 0 aliphatic heterocycles. The van der Waals surface area contributed by atoms with E-state index in [2.05, 4.69) is 24.1 Å². The van der Waals surface area contributed by atoms with Crippen LogP contribution >= 0.6 is 0 Å². The zero-order valence-corrected chi connectivity index (χ0v) is 26.8. The molecule has 0 saturated carbocycles. The Kier molecular flexibility index (Phi) is 12.6. The summed E-state index contributed by atoms with van der Waals surface area (Å²) in [4.78, 5) is 43.3. The van der Waals surface area contributed by atoms with Gasteiger partial charge >= 0.3 is 6.09 Å². The Morgan fingerprint density at radius 1 is 1.00 bits per heavy atom. The van der Waals surface area contributed by atoms with Crippen LogP contribution in [0.15, 0.2) is 79.4 Å². The van der Waals surface area contributed by atoms with Crippen molar-refractivity contribution >= 4 is 29.7 Å². The number of nitrogens with zero attached hydrogens (tertiary/aromatic N) is 1. The van der Waals surface area contributed by atoms with Crippen LogP contribution in [0.1, 0.15) is 69.7 Å². The largest absolute Gasteiger partial charge is 0.508 e. The molecule has 240 valence electrons. The summed E-state index contributed by atoms with van der Waals surface area (Å²) in [5.74, 6) is -0.124. The third-order valence-electron chi connectivity index (χ3n) is 7.03. The van der Waals surface area contributed by atoms with Crippen molar-refractivity contribution in [1.29, 1.82) is 0 Å². The van der Waals surface area contributed by atoms with E-state index in [1.54, 1.807) is 75.3 Å². The smallest absolute Gasteiger partial charge is 0.408 e. The molecule has 0 saturated heterocycles. The highest BCUT2D eigenvalue weighted by Crippen LogP contribution is 2.27. The molecule has 0 fully saturated rings. The monoisotopic (exact) mass is 615 g/mol. The number of amides is 3. The molecule has 2 unspecified atom stereocenters. The molecule has 0 heterocycles. The molecule has 3 aromatic carbocycles. The van der Waals surface area contributed by atoms with Gasteiger partial charge in [0.15, 0.2) is 0 Å². The first kappa shape index (κ1) is 34.7. The van der Waals surface area contributed by atoms with Gasteiger partial charge in [0.1, 0.15) is 29.2 Å². The number of benzene rings is 3. The van der Waals surface area contributed by atoms with Gasteiger partial charge < -0.3 is 30.1 Å². The second-order valence-corrected chi connectivity index (χ2v) is 11.8. The Balaban J connectivity index is 2.09. The predicted molar refractivity (Wildman–Crippen MR) is 177 cm³/mol. The molecule has 3 rings (SSSR count). The van der Waals surface area contributed by atoms with E-state index in [1.807, 2.05) is 24.3 Å². The molecule has 0 bridgehead atoms. The number of aromatic hydroxyl groups is 1. The minimum Gasteiger partial charge on any atom is -0.508 e. The molecule has 0 aliphatic rings. The van der Waals surface area contributed by atoms with E-state index in [1.165, 1.54) is 12.1 Å². The van der Waals surface area contributed by atoms with E-state index in [-0.39, 0.29) is 18.7 Å². The molecule has 9 nitrogen and oxygen atoms in total. The first-order chi connectivity index (χ1) is 21.4. The minimum absolute atomic E-state index is 0.0836. The number of ether oxygens (including phenoxy) is 2. The van der Waals surface area contributed by atoms with Crippen LogP contribution in [-0.2, 0) is 20.7 Å². The lowest BCUT2D eigenvalue weighted by atomic mass is 9.98. The van der Waals surface area contributed by atoms with Crippen molar-refractivity contribution in [2.24, 2.45) is 0 Å². The molecule has 3 aromatic rings. The van der Waals surface area contributed by atoms with Crippen molar-refractivity contribution in [2.45, 2.75) is 71.1 Å². The Bertz CT molecular complexity index is 1430. The van der Waals surface area contributed by atoms with Gasteiger partial charge in [0.05, 0.1) is 7.11 Å². The summed E-state index contributed by atoms with van der Waals surface area (Å²) >= 11 is 0. The zero-order chi connectivity index (χ0) is 33.0. The van der Waals surface area contributed by atoms with Crippen molar-refractivity contribution in [3.8, 4) is 11.5 Å². The standard InChI is InChI=1S/C36H45N3O6/c1-7-9-10-22-39(34(42)31(38-35(43)45-36(3,4)5)24-26-14-18-29(40)19-15-26)32(27-13-11-12-25(8-2)23-27)33(41)37-28-16-20-30(44-6)21-17-28/h8,11-21,23,31-32,40H,2,7,9-10,22,24H2,1,3-6H3,(H,37,41)(H,38,43). The molecule has 0 spiro atoms. The second-order valence-electron chi connectivity index (χ2n) is 11.8. The second kappa shape index (κ2) is 16.3. The number of hydrogen-bond acceptors (Lipinski definition) is 6. The van der Waals surface area contributed by atoms with Gasteiger partial charge in [0.2, 0.25) is 5.91 Å². The number of carbonyl (C=O) groups excluding carboxylic acids is 3. The number of unbranched alkanes of at least 4 members (excludes halogenated alkanes) is 2. The number of phenols is 1. The third kappa shape index (κ3) is 10.7. The topological polar surface area (TPSA) is 117 Å². The van der Waals surface area contributed by atoms with Gasteiger partial charge in [-0.05, 0) is 86.3 Å². The molecule has 0 radical (unpaired) electrons. The number of phenolic OH excluding ortho intramolecular Hbond substituents is 1. The summed E-state index contributed by atoms with van der Waals surface area (Å²) in [6.07, 6.45) is 3.44. The Morgan fingerprint density at radius 3 is 2.29 bits per heavy atom. The number of anilines is 1. The fourth-order valence-corrected chi connectivity index (χ4v) is 4.83. The van der Waals surface area contributed by atoms with E-state index in [0.717, 1.165) is 18.4 Å². The van der Waals surface area contributed by atoms with Crippen LogP contribution in [0.3, 0.4) is 0 Å². The van der Waals surface area contributed by atoms with Gasteiger partial charge in [-0.1, -0.05) is 62.8 Å². The molecule has 3 N–H and O–H groups in total. The van der Waals surface area contributed by atoms with Crippen molar-refractivity contribution in [2.75, 3.05) is 19.0 Å². The highest BCUT2D eigenvalue weighted by Gasteiger charge is 2.36. The van der Waals surface area contributed by atoms with Crippen molar-refractivity contribution in [3.63, 3.8) is 0 Å². The van der Waals surface area contributed by atoms with Gasteiger partial charge in [0, 0.05) is 18.7 Å². The quantitative estimate of drug-likeness (QED) is 0.170. The Hall–Kier alpha value is -4.79. The van der Waals surface area contributed by atoms with Gasteiger partial charge in [-0.15, -0.1) is 0 Å². The van der Waals surface area contributed by atoms with E-state index in [4.69, 9.17) is 9.47 Å². The summed E-state index contributed by atoms with van der Waals surface area (Å²) in [7, 11) is 1.57. The lowest BCUT2D eigenvalue weighted by molar-refractivity contribution is -0.140. The van der Waals surface area contributed by atoms with Gasteiger partial charge in [-0.2, -0.15) is 0 Å². The van der Waals surface area contributed by atoms with Crippen LogP contribution in [0, 0.1) is 0 Å². The summed E-state index contributed by atoms with van der Waals surface area (Å²) in [6.45, 7) is 11.4. The van der Waals surface area contributed by atoms with Crippen molar-refractivity contribution < 1.29 is 29.0 Å². The predicted octanol–water partition coefficient (Wildman–Crippen LogP) is 6.88. The third-order valence-corrected chi connectivity index (χ3v) is 7.03. The van der Waals surface area contributed by atoms with Crippen LogP contribution in [0.2, 0.25) is 0 Å². The average Bonchev–Trinajstić information content (AvgIpc) is 3.00. The normalized spacial score (nSPS) is 12.4. The highest BCUT2D eigenvalue weighted by atomic mass is 16.6. The van der Waals surface area contributed by atoms with Crippen LogP contribution in [-0.4, -0.2) is 53.2 Å². The number of rotatable bonds is 14. The van der Waals surface area contributed by atoms with E-state index in [9.17, 15) is 19.5 Å². The van der Waals surface area contributed by atoms with Gasteiger partial charge in [-0.3, -0.25) is 9.59 Å². The molecule has 0 aliphatic carbocycles. The summed E-state index contributed by atoms with van der Waals surface area (Å²) in [5.41, 5.74) is 1.86. The number of methoxy groups -OCH3 is 1. The average molecular weight is 616 g/mol. The Labute approximate surface area is 266 Å². The zero-order valence-electron chi connectivity index (χ0n) is 26.8. The van der Waals surface area contributed by atoms with Crippen molar-refractivity contribution in [1.82, 2.24) is 10.2 Å². The fraction of sp³-hybridized carbons (Fsp3) is 0.361. The molecule has 3 amide bonds. The molecule has 45 heavy (non-hydrogen) atoms. The molecule has 2 atom stereocenters. The van der Waals surface area contributed by atoms with Crippen molar-refractivity contribution in [3.05, 3.63) is 96.1 Å². The van der Waals surface area contributed by atoms with Gasteiger partial charge in [0.25, 0.3) is 5.91 Å². The van der Waals surface area contributed by atoms with E-state index < -0.39 is 35.6 Å². The fourth-order valence-electron chi connectivity index (χ4n) is 4.83. The van der Waals surface area contributed by atoms with Crippen LogP contribution in [0.25, 0.3) is 6.08 Å². The highest BCUT2D eigenvalue weighted by molar-refractivity contribution is 5.99. The van der Waals surface area contributed by atoms with Crippen LogP contribution in [0.5, 0.6) is 11.5 Å². The first-order valence-corrected chi connectivity index (χ1v) is 15.2. The lowest BCUT2D eigenvalue weighted by Crippen LogP contribution is -2.53. The summed E-state index contributed by atoms with van der Waals surface area (Å²) in [6, 6.07) is 18.6. The Morgan fingerprint density at radius 2 is 1.69 bits per heavy atom. The van der Waals surface area contributed by atoms with Gasteiger partial charge in [-0.25, -0.2) is 4.79 Å². The van der Waals surface area contributed by atoms with Crippen LogP contribution < -0.4 is 15.4 Å². The summed E-state index contributed by atoms with van der Waals surface area (Å²) < 4.78 is 10.8. The lowest BCUT2D eigenvalue weighted by Gasteiger charge is -2.35. The summed E-state index contributed by atoms with van der Waals surface area (Å²) in [5, 5.41) is 15.5. The first-order valence-electron chi connectivity index (χ1n) is 15.2. The maximum Gasteiger partial charge on any atom is 0.408 e.